The van der Waals surface area contributed by atoms with E-state index in [-0.39, 0.29) is 10.8 Å². The van der Waals surface area contributed by atoms with E-state index in [1.807, 2.05) is 20.8 Å². The summed E-state index contributed by atoms with van der Waals surface area (Å²) in [5, 5.41) is 0. The van der Waals surface area contributed by atoms with E-state index in [1.165, 1.54) is 0 Å². The summed E-state index contributed by atoms with van der Waals surface area (Å²) in [5.74, 6) is 2.94. The number of hydrogen-bond acceptors (Lipinski definition) is 1. The monoisotopic (exact) mass is 164 g/mol. The molecule has 0 aromatic carbocycles. The van der Waals surface area contributed by atoms with E-state index in [9.17, 15) is 4.79 Å². The Morgan fingerprint density at radius 2 is 2.00 bits per heavy atom. The van der Waals surface area contributed by atoms with Crippen molar-refractivity contribution in [2.24, 2.45) is 10.8 Å². The van der Waals surface area contributed by atoms with Crippen LogP contribution in [-0.2, 0) is 4.79 Å². The van der Waals surface area contributed by atoms with Gasteiger partial charge in [0.15, 0.2) is 0 Å². The Kier molecular flexibility index (Phi) is 2.04. The van der Waals surface area contributed by atoms with Crippen LogP contribution in [0.15, 0.2) is 0 Å². The Morgan fingerprint density at radius 1 is 1.42 bits per heavy atom. The molecule has 1 atom stereocenters. The summed E-state index contributed by atoms with van der Waals surface area (Å²) in [5.41, 5.74) is -0.385. The van der Waals surface area contributed by atoms with Crippen LogP contribution >= 0.6 is 0 Å². The van der Waals surface area contributed by atoms with Gasteiger partial charge < -0.3 is 0 Å². The third-order valence-electron chi connectivity index (χ3n) is 2.96. The number of Topliss-reactive ketones (excluding diaryl/α,β-unsaturated/α-hetero) is 1. The summed E-state index contributed by atoms with van der Waals surface area (Å²) < 4.78 is 0. The maximum atomic E-state index is 11.8. The van der Waals surface area contributed by atoms with Gasteiger partial charge in [-0.05, 0) is 12.8 Å². The Morgan fingerprint density at radius 3 is 2.33 bits per heavy atom. The van der Waals surface area contributed by atoms with Crippen LogP contribution in [0.25, 0.3) is 0 Å². The SMILES string of the molecule is C#CCC1(C)CCC(C)(C)C1=O. The van der Waals surface area contributed by atoms with E-state index >= 15 is 0 Å². The van der Waals surface area contributed by atoms with Crippen LogP contribution < -0.4 is 0 Å². The Bertz CT molecular complexity index is 244. The first-order chi connectivity index (χ1) is 5.42. The van der Waals surface area contributed by atoms with Crippen molar-refractivity contribution in [2.75, 3.05) is 0 Å². The van der Waals surface area contributed by atoms with Crippen molar-refractivity contribution in [1.29, 1.82) is 0 Å². The zero-order chi connectivity index (χ0) is 9.41. The minimum atomic E-state index is -0.238. The molecule has 66 valence electrons. The first kappa shape index (κ1) is 9.32. The number of carbonyl (C=O) groups excluding carboxylic acids is 1. The van der Waals surface area contributed by atoms with Crippen LogP contribution in [0.5, 0.6) is 0 Å². The van der Waals surface area contributed by atoms with Gasteiger partial charge in [0.05, 0.1) is 0 Å². The fourth-order valence-electron chi connectivity index (χ4n) is 2.03. The second kappa shape index (κ2) is 2.62. The molecule has 0 amide bonds. The normalized spacial score (nSPS) is 33.3. The topological polar surface area (TPSA) is 17.1 Å². The van der Waals surface area contributed by atoms with Crippen molar-refractivity contribution in [3.05, 3.63) is 0 Å². The predicted molar refractivity (Wildman–Crippen MR) is 49.6 cm³/mol. The quantitative estimate of drug-likeness (QED) is 0.544. The lowest BCUT2D eigenvalue weighted by Gasteiger charge is -2.22. The number of carbonyl (C=O) groups is 1. The molecule has 0 saturated heterocycles. The zero-order valence-electron chi connectivity index (χ0n) is 8.11. The number of rotatable bonds is 1. The predicted octanol–water partition coefficient (Wildman–Crippen LogP) is 2.41. The molecule has 0 radical (unpaired) electrons. The van der Waals surface area contributed by atoms with E-state index < -0.39 is 0 Å². The van der Waals surface area contributed by atoms with Crippen molar-refractivity contribution in [3.8, 4) is 12.3 Å². The van der Waals surface area contributed by atoms with Gasteiger partial charge >= 0.3 is 0 Å². The molecule has 1 unspecified atom stereocenters. The van der Waals surface area contributed by atoms with Crippen LogP contribution in [0, 0.1) is 23.2 Å². The second-order valence-corrected chi connectivity index (χ2v) is 4.65. The fourth-order valence-corrected chi connectivity index (χ4v) is 2.03. The maximum Gasteiger partial charge on any atom is 0.145 e. The van der Waals surface area contributed by atoms with Gasteiger partial charge in [-0.1, -0.05) is 20.8 Å². The van der Waals surface area contributed by atoms with Crippen molar-refractivity contribution in [3.63, 3.8) is 0 Å². The molecule has 0 aliphatic heterocycles. The van der Waals surface area contributed by atoms with E-state index in [1.54, 1.807) is 0 Å². The van der Waals surface area contributed by atoms with Gasteiger partial charge in [0.25, 0.3) is 0 Å². The highest BCUT2D eigenvalue weighted by Gasteiger charge is 2.47. The Labute approximate surface area is 74.5 Å². The minimum Gasteiger partial charge on any atom is -0.298 e. The Balaban J connectivity index is 2.87. The average Bonchev–Trinajstić information content (AvgIpc) is 2.17. The molecule has 1 rings (SSSR count). The molecule has 12 heavy (non-hydrogen) atoms. The third-order valence-corrected chi connectivity index (χ3v) is 2.96. The van der Waals surface area contributed by atoms with Crippen molar-refractivity contribution in [2.45, 2.75) is 40.0 Å². The van der Waals surface area contributed by atoms with Gasteiger partial charge in [-0.3, -0.25) is 4.79 Å². The van der Waals surface area contributed by atoms with Gasteiger partial charge in [0.2, 0.25) is 0 Å². The average molecular weight is 164 g/mol. The molecule has 0 bridgehead atoms. The van der Waals surface area contributed by atoms with E-state index in [4.69, 9.17) is 6.42 Å². The molecule has 1 aliphatic rings. The van der Waals surface area contributed by atoms with E-state index in [2.05, 4.69) is 5.92 Å². The molecule has 0 aromatic heterocycles. The summed E-state index contributed by atoms with van der Waals surface area (Å²) in [6.45, 7) is 6.01. The molecule has 0 N–H and O–H groups in total. The van der Waals surface area contributed by atoms with Crippen LogP contribution in [-0.4, -0.2) is 5.78 Å². The highest BCUT2D eigenvalue weighted by molar-refractivity contribution is 5.91. The van der Waals surface area contributed by atoms with Gasteiger partial charge in [-0.25, -0.2) is 0 Å². The zero-order valence-corrected chi connectivity index (χ0v) is 8.11. The maximum absolute atomic E-state index is 11.8. The van der Waals surface area contributed by atoms with Crippen LogP contribution in [0.3, 0.4) is 0 Å². The fraction of sp³-hybridized carbons (Fsp3) is 0.727. The second-order valence-electron chi connectivity index (χ2n) is 4.65. The molecule has 1 fully saturated rings. The largest absolute Gasteiger partial charge is 0.298 e. The first-order valence-electron chi connectivity index (χ1n) is 4.41. The molecular formula is C11H16O. The van der Waals surface area contributed by atoms with Crippen LogP contribution in [0.4, 0.5) is 0 Å². The molecule has 1 nitrogen and oxygen atoms in total. The Hall–Kier alpha value is -0.770. The molecule has 1 saturated carbocycles. The van der Waals surface area contributed by atoms with Gasteiger partial charge in [0.1, 0.15) is 5.78 Å². The molecule has 0 spiro atoms. The minimum absolute atomic E-state index is 0.147. The molecular weight excluding hydrogens is 148 g/mol. The van der Waals surface area contributed by atoms with Crippen LogP contribution in [0.1, 0.15) is 40.0 Å². The van der Waals surface area contributed by atoms with Gasteiger partial charge in [-0.15, -0.1) is 12.3 Å². The summed E-state index contributed by atoms with van der Waals surface area (Å²) in [7, 11) is 0. The molecule has 1 heteroatoms. The van der Waals surface area contributed by atoms with Gasteiger partial charge in [-0.2, -0.15) is 0 Å². The third kappa shape index (κ3) is 1.27. The summed E-state index contributed by atoms with van der Waals surface area (Å²) in [6, 6.07) is 0. The van der Waals surface area contributed by atoms with E-state index in [0.29, 0.717) is 12.2 Å². The number of terminal acetylenes is 1. The van der Waals surface area contributed by atoms with Crippen molar-refractivity contribution >= 4 is 5.78 Å². The smallest absolute Gasteiger partial charge is 0.145 e. The highest BCUT2D eigenvalue weighted by atomic mass is 16.1. The standard InChI is InChI=1S/C11H16O/c1-5-6-11(4)8-7-10(2,3)9(11)12/h1H,6-8H2,2-4H3. The molecule has 1 aliphatic carbocycles. The summed E-state index contributed by atoms with van der Waals surface area (Å²) in [6.07, 6.45) is 7.76. The lowest BCUT2D eigenvalue weighted by atomic mass is 9.79. The summed E-state index contributed by atoms with van der Waals surface area (Å²) >= 11 is 0. The van der Waals surface area contributed by atoms with Crippen molar-refractivity contribution in [1.82, 2.24) is 0 Å². The lowest BCUT2D eigenvalue weighted by Crippen LogP contribution is -2.29. The lowest BCUT2D eigenvalue weighted by molar-refractivity contribution is -0.131. The van der Waals surface area contributed by atoms with Crippen LogP contribution in [0.2, 0.25) is 0 Å². The molecule has 0 aromatic rings. The first-order valence-corrected chi connectivity index (χ1v) is 4.41. The van der Waals surface area contributed by atoms with E-state index in [0.717, 1.165) is 12.8 Å². The number of hydrogen-bond donors (Lipinski definition) is 0. The van der Waals surface area contributed by atoms with Gasteiger partial charge in [0, 0.05) is 17.3 Å². The van der Waals surface area contributed by atoms with Crippen molar-refractivity contribution < 1.29 is 4.79 Å². The highest BCUT2D eigenvalue weighted by Crippen LogP contribution is 2.47. The number of ketones is 1. The summed E-state index contributed by atoms with van der Waals surface area (Å²) in [4.78, 5) is 11.8. The molecule has 0 heterocycles.